The number of hydrogen-bond acceptors (Lipinski definition) is 3. The fourth-order valence-corrected chi connectivity index (χ4v) is 1.75. The third kappa shape index (κ3) is 5.48. The van der Waals surface area contributed by atoms with Crippen molar-refractivity contribution < 1.29 is 14.7 Å². The van der Waals surface area contributed by atoms with Gasteiger partial charge in [0.2, 0.25) is 5.91 Å². The molecule has 0 bridgehead atoms. The molecule has 1 rings (SSSR count). The van der Waals surface area contributed by atoms with E-state index < -0.39 is 12.0 Å². The van der Waals surface area contributed by atoms with E-state index in [1.165, 1.54) is 6.92 Å². The molecule has 0 saturated heterocycles. The quantitative estimate of drug-likeness (QED) is 0.714. The molecule has 1 aromatic rings. The Kier molecular flexibility index (Phi) is 5.44. The topological polar surface area (TPSA) is 78.4 Å². The van der Waals surface area contributed by atoms with E-state index in [9.17, 15) is 9.59 Å². The lowest BCUT2D eigenvalue weighted by Crippen LogP contribution is -2.40. The Hall–Kier alpha value is -1.95. The zero-order chi connectivity index (χ0) is 14.4. The lowest BCUT2D eigenvalue weighted by molar-refractivity contribution is -0.139. The zero-order valence-corrected chi connectivity index (χ0v) is 11.6. The van der Waals surface area contributed by atoms with Crippen LogP contribution in [0.2, 0.25) is 0 Å². The van der Waals surface area contributed by atoms with Gasteiger partial charge in [-0.25, -0.2) is 4.79 Å². The Morgan fingerprint density at radius 3 is 2.26 bits per heavy atom. The van der Waals surface area contributed by atoms with Gasteiger partial charge in [-0.15, -0.1) is 0 Å². The van der Waals surface area contributed by atoms with Crippen LogP contribution in [-0.4, -0.2) is 28.0 Å². The van der Waals surface area contributed by atoms with Gasteiger partial charge in [0.25, 0.3) is 0 Å². The van der Waals surface area contributed by atoms with Gasteiger partial charge in [0.1, 0.15) is 6.04 Å². The van der Waals surface area contributed by atoms with E-state index in [1.807, 2.05) is 0 Å². The van der Waals surface area contributed by atoms with Crippen LogP contribution in [0.15, 0.2) is 24.3 Å². The second kappa shape index (κ2) is 6.84. The Morgan fingerprint density at radius 2 is 1.84 bits per heavy atom. The molecule has 0 aromatic heterocycles. The number of benzene rings is 1. The Balaban J connectivity index is 2.72. The van der Waals surface area contributed by atoms with Gasteiger partial charge in [-0.05, 0) is 24.6 Å². The minimum atomic E-state index is -0.949. The molecule has 0 saturated carbocycles. The van der Waals surface area contributed by atoms with Crippen LogP contribution in [0.3, 0.4) is 0 Å². The van der Waals surface area contributed by atoms with Crippen LogP contribution in [-0.2, 0) is 16.0 Å². The molecule has 0 radical (unpaired) electrons. The first-order valence-electron chi connectivity index (χ1n) is 5.75. The van der Waals surface area contributed by atoms with Gasteiger partial charge in [0.05, 0.1) is 4.99 Å². The first-order valence-corrected chi connectivity index (χ1v) is 6.15. The van der Waals surface area contributed by atoms with Crippen LogP contribution in [0.25, 0.3) is 0 Å². The molecule has 0 spiro atoms. The van der Waals surface area contributed by atoms with Gasteiger partial charge in [-0.1, -0.05) is 24.4 Å². The van der Waals surface area contributed by atoms with E-state index in [-0.39, 0.29) is 5.91 Å². The number of amides is 1. The maximum absolute atomic E-state index is 11.1. The summed E-state index contributed by atoms with van der Waals surface area (Å²) in [6.45, 7) is 3.08. The molecular weight excluding hydrogens is 264 g/mol. The monoisotopic (exact) mass is 280 g/mol. The lowest BCUT2D eigenvalue weighted by Gasteiger charge is -2.14. The van der Waals surface area contributed by atoms with Crippen molar-refractivity contribution >= 4 is 34.8 Å². The number of nitrogens with one attached hydrogen (secondary N) is 2. The minimum absolute atomic E-state index is 0.144. The van der Waals surface area contributed by atoms with Crippen LogP contribution < -0.4 is 10.6 Å². The molecule has 0 aliphatic heterocycles. The molecule has 1 unspecified atom stereocenters. The molecule has 5 nitrogen and oxygen atoms in total. The van der Waals surface area contributed by atoms with Gasteiger partial charge in [-0.2, -0.15) is 0 Å². The Morgan fingerprint density at radius 1 is 1.26 bits per heavy atom. The smallest absolute Gasteiger partial charge is 0.326 e. The summed E-state index contributed by atoms with van der Waals surface area (Å²) in [6, 6.07) is 6.28. The maximum atomic E-state index is 11.1. The predicted octanol–water partition coefficient (Wildman–Crippen LogP) is 1.58. The number of anilines is 1. The second-order valence-electron chi connectivity index (χ2n) is 4.17. The largest absolute Gasteiger partial charge is 0.480 e. The summed E-state index contributed by atoms with van der Waals surface area (Å²) >= 11 is 4.85. The fourth-order valence-electron chi connectivity index (χ4n) is 1.61. The van der Waals surface area contributed by atoms with E-state index in [0.29, 0.717) is 17.1 Å². The van der Waals surface area contributed by atoms with Gasteiger partial charge < -0.3 is 15.7 Å². The van der Waals surface area contributed by atoms with Crippen molar-refractivity contribution in [3.63, 3.8) is 0 Å². The summed E-state index contributed by atoms with van der Waals surface area (Å²) in [4.78, 5) is 22.4. The summed E-state index contributed by atoms with van der Waals surface area (Å²) in [7, 11) is 0. The van der Waals surface area contributed by atoms with Gasteiger partial charge in [0, 0.05) is 19.0 Å². The summed E-state index contributed by atoms with van der Waals surface area (Å²) in [6.07, 6.45) is 0.323. The lowest BCUT2D eigenvalue weighted by atomic mass is 10.1. The van der Waals surface area contributed by atoms with Crippen LogP contribution in [0, 0.1) is 0 Å². The predicted molar refractivity (Wildman–Crippen MR) is 77.3 cm³/mol. The van der Waals surface area contributed by atoms with Gasteiger partial charge in [0.15, 0.2) is 0 Å². The highest BCUT2D eigenvalue weighted by molar-refractivity contribution is 7.80. The average Bonchev–Trinajstić information content (AvgIpc) is 2.29. The van der Waals surface area contributed by atoms with E-state index in [0.717, 1.165) is 5.56 Å². The fraction of sp³-hybridized carbons (Fsp3) is 0.308. The summed E-state index contributed by atoms with van der Waals surface area (Å²) < 4.78 is 0. The highest BCUT2D eigenvalue weighted by atomic mass is 32.1. The highest BCUT2D eigenvalue weighted by Crippen LogP contribution is 2.11. The number of thiocarbonyl (C=S) groups is 1. The van der Waals surface area contributed by atoms with Gasteiger partial charge in [-0.3, -0.25) is 4.79 Å². The molecule has 6 heteroatoms. The molecule has 19 heavy (non-hydrogen) atoms. The molecule has 0 aliphatic rings. The second-order valence-corrected chi connectivity index (χ2v) is 4.79. The van der Waals surface area contributed by atoms with Crippen LogP contribution >= 0.6 is 12.2 Å². The number of carbonyl (C=O) groups excluding carboxylic acids is 1. The molecule has 0 heterocycles. The molecule has 1 atom stereocenters. The van der Waals surface area contributed by atoms with Crippen molar-refractivity contribution in [2.24, 2.45) is 0 Å². The summed E-state index contributed by atoms with van der Waals surface area (Å²) in [5.74, 6) is -1.09. The van der Waals surface area contributed by atoms with Crippen molar-refractivity contribution in [1.29, 1.82) is 0 Å². The molecular formula is C13H16N2O3S. The minimum Gasteiger partial charge on any atom is -0.480 e. The third-order valence-electron chi connectivity index (χ3n) is 2.39. The van der Waals surface area contributed by atoms with E-state index in [4.69, 9.17) is 17.3 Å². The SMILES string of the molecule is CC(=O)Nc1ccc(CC(NC(C)=S)C(=O)O)cc1. The molecule has 3 N–H and O–H groups in total. The summed E-state index contributed by atoms with van der Waals surface area (Å²) in [5.41, 5.74) is 1.53. The van der Waals surface area contributed by atoms with Gasteiger partial charge >= 0.3 is 5.97 Å². The number of aliphatic carboxylic acids is 1. The summed E-state index contributed by atoms with van der Waals surface area (Å²) in [5, 5.41) is 14.5. The van der Waals surface area contributed by atoms with Crippen molar-refractivity contribution in [3.05, 3.63) is 29.8 Å². The third-order valence-corrected chi connectivity index (χ3v) is 2.51. The molecule has 1 aromatic carbocycles. The average molecular weight is 280 g/mol. The van der Waals surface area contributed by atoms with Crippen molar-refractivity contribution in [1.82, 2.24) is 5.32 Å². The Bertz CT molecular complexity index is 485. The molecule has 1 amide bonds. The van der Waals surface area contributed by atoms with E-state index in [2.05, 4.69) is 10.6 Å². The standard InChI is InChI=1S/C13H16N2O3S/c1-8(16)14-11-5-3-10(4-6-11)7-12(13(17)18)15-9(2)19/h3-6,12H,7H2,1-2H3,(H,14,16)(H,15,19)(H,17,18). The van der Waals surface area contributed by atoms with Crippen LogP contribution in [0.1, 0.15) is 19.4 Å². The molecule has 102 valence electrons. The van der Waals surface area contributed by atoms with E-state index >= 15 is 0 Å². The Labute approximate surface area is 117 Å². The van der Waals surface area contributed by atoms with Crippen molar-refractivity contribution in [2.45, 2.75) is 26.3 Å². The van der Waals surface area contributed by atoms with Crippen molar-refractivity contribution in [2.75, 3.05) is 5.32 Å². The van der Waals surface area contributed by atoms with E-state index in [1.54, 1.807) is 31.2 Å². The molecule has 0 aliphatic carbocycles. The highest BCUT2D eigenvalue weighted by Gasteiger charge is 2.17. The first-order chi connectivity index (χ1) is 8.88. The molecule has 0 fully saturated rings. The number of carboxylic acid groups (broad SMARTS) is 1. The number of carbonyl (C=O) groups is 2. The number of hydrogen-bond donors (Lipinski definition) is 3. The van der Waals surface area contributed by atoms with Crippen molar-refractivity contribution in [3.8, 4) is 0 Å². The number of rotatable bonds is 5. The van der Waals surface area contributed by atoms with Crippen LogP contribution in [0.5, 0.6) is 0 Å². The first kappa shape index (κ1) is 15.1. The maximum Gasteiger partial charge on any atom is 0.326 e. The van der Waals surface area contributed by atoms with Crippen LogP contribution in [0.4, 0.5) is 5.69 Å². The zero-order valence-electron chi connectivity index (χ0n) is 10.8. The normalized spacial score (nSPS) is 11.5. The number of carboxylic acids is 1.